The average molecular weight is 284 g/mol. The first-order valence-corrected chi connectivity index (χ1v) is 5.65. The summed E-state index contributed by atoms with van der Waals surface area (Å²) in [4.78, 5) is 14.5. The number of aromatic carboxylic acids is 1. The highest BCUT2D eigenvalue weighted by molar-refractivity contribution is 5.90. The van der Waals surface area contributed by atoms with Crippen LogP contribution in [0.3, 0.4) is 0 Å². The van der Waals surface area contributed by atoms with Crippen molar-refractivity contribution in [2.45, 2.75) is 13.1 Å². The zero-order valence-electron chi connectivity index (χ0n) is 10.7. The summed E-state index contributed by atoms with van der Waals surface area (Å²) in [5.74, 6) is -0.942. The van der Waals surface area contributed by atoms with E-state index < -0.39 is 17.8 Å². The molecule has 0 fully saturated rings. The van der Waals surface area contributed by atoms with E-state index in [2.05, 4.69) is 4.98 Å². The monoisotopic (exact) mass is 284 g/mol. The summed E-state index contributed by atoms with van der Waals surface area (Å²) in [6, 6.07) is 4.31. The highest BCUT2D eigenvalue weighted by Gasteiger charge is 2.34. The van der Waals surface area contributed by atoms with E-state index in [1.807, 2.05) is 0 Å². The van der Waals surface area contributed by atoms with Gasteiger partial charge in [-0.25, -0.2) is 9.78 Å². The molecule has 20 heavy (non-hydrogen) atoms. The van der Waals surface area contributed by atoms with Crippen LogP contribution in [0.1, 0.15) is 21.6 Å². The van der Waals surface area contributed by atoms with Crippen molar-refractivity contribution in [1.29, 1.82) is 0 Å². The fraction of sp³-hybridized carbons (Fsp3) is 0.231. The summed E-state index contributed by atoms with van der Waals surface area (Å²) in [6.45, 7) is 1.58. The number of hydrogen-bond acceptors (Lipinski definition) is 2. The Morgan fingerprint density at radius 1 is 1.35 bits per heavy atom. The van der Waals surface area contributed by atoms with Crippen molar-refractivity contribution in [2.75, 3.05) is 0 Å². The van der Waals surface area contributed by atoms with Crippen LogP contribution in [-0.2, 0) is 13.2 Å². The summed E-state index contributed by atoms with van der Waals surface area (Å²) < 4.78 is 39.0. The Hall–Kier alpha value is -2.31. The van der Waals surface area contributed by atoms with Crippen molar-refractivity contribution in [3.8, 4) is 11.4 Å². The lowest BCUT2D eigenvalue weighted by Gasteiger charge is -2.05. The van der Waals surface area contributed by atoms with Gasteiger partial charge in [0.2, 0.25) is 0 Å². The van der Waals surface area contributed by atoms with Gasteiger partial charge in [-0.15, -0.1) is 0 Å². The largest absolute Gasteiger partial charge is 0.478 e. The summed E-state index contributed by atoms with van der Waals surface area (Å²) in [5.41, 5.74) is 0.0334. The smallest absolute Gasteiger partial charge is 0.434 e. The van der Waals surface area contributed by atoms with E-state index in [-0.39, 0.29) is 11.4 Å². The van der Waals surface area contributed by atoms with Crippen molar-refractivity contribution in [3.63, 3.8) is 0 Å². The van der Waals surface area contributed by atoms with Crippen LogP contribution in [0.4, 0.5) is 13.2 Å². The van der Waals surface area contributed by atoms with Gasteiger partial charge in [0.1, 0.15) is 5.82 Å². The molecule has 1 heterocycles. The van der Waals surface area contributed by atoms with E-state index in [4.69, 9.17) is 5.11 Å². The maximum atomic E-state index is 12.6. The van der Waals surface area contributed by atoms with Crippen molar-refractivity contribution in [1.82, 2.24) is 9.55 Å². The summed E-state index contributed by atoms with van der Waals surface area (Å²) in [5, 5.41) is 8.92. The van der Waals surface area contributed by atoms with Crippen LogP contribution >= 0.6 is 0 Å². The number of aromatic nitrogens is 2. The number of alkyl halides is 3. The van der Waals surface area contributed by atoms with Crippen LogP contribution in [0.25, 0.3) is 11.4 Å². The number of rotatable bonds is 2. The van der Waals surface area contributed by atoms with Crippen LogP contribution in [0.2, 0.25) is 0 Å². The van der Waals surface area contributed by atoms with Crippen LogP contribution in [-0.4, -0.2) is 20.6 Å². The molecule has 0 saturated heterocycles. The molecule has 0 atom stereocenters. The molecule has 0 aliphatic heterocycles. The molecule has 0 aliphatic carbocycles. The van der Waals surface area contributed by atoms with E-state index in [1.54, 1.807) is 6.92 Å². The minimum Gasteiger partial charge on any atom is -0.478 e. The van der Waals surface area contributed by atoms with Crippen molar-refractivity contribution < 1.29 is 23.1 Å². The molecule has 7 heteroatoms. The predicted octanol–water partition coefficient (Wildman–Crippen LogP) is 3.11. The third-order valence-corrected chi connectivity index (χ3v) is 2.88. The lowest BCUT2D eigenvalue weighted by molar-refractivity contribution is -0.140. The Bertz CT molecular complexity index is 675. The van der Waals surface area contributed by atoms with E-state index in [1.165, 1.54) is 29.8 Å². The summed E-state index contributed by atoms with van der Waals surface area (Å²) in [7, 11) is 1.46. The van der Waals surface area contributed by atoms with Gasteiger partial charge >= 0.3 is 12.1 Å². The summed E-state index contributed by atoms with van der Waals surface area (Å²) >= 11 is 0. The molecule has 1 aromatic heterocycles. The Labute approximate surface area is 112 Å². The molecule has 1 aromatic carbocycles. The number of nitrogens with zero attached hydrogens (tertiary/aromatic N) is 2. The Morgan fingerprint density at radius 2 is 2.00 bits per heavy atom. The van der Waals surface area contributed by atoms with Crippen molar-refractivity contribution in [3.05, 3.63) is 41.2 Å². The fourth-order valence-electron chi connectivity index (χ4n) is 1.91. The number of halogens is 3. The van der Waals surface area contributed by atoms with Crippen LogP contribution in [0.15, 0.2) is 24.4 Å². The van der Waals surface area contributed by atoms with E-state index >= 15 is 0 Å². The number of hydrogen-bond donors (Lipinski definition) is 1. The molecule has 0 amide bonds. The topological polar surface area (TPSA) is 55.1 Å². The van der Waals surface area contributed by atoms with Crippen LogP contribution in [0, 0.1) is 6.92 Å². The molecule has 0 radical (unpaired) electrons. The first kappa shape index (κ1) is 14.1. The van der Waals surface area contributed by atoms with Crippen molar-refractivity contribution >= 4 is 5.97 Å². The second kappa shape index (κ2) is 4.66. The fourth-order valence-corrected chi connectivity index (χ4v) is 1.91. The zero-order chi connectivity index (χ0) is 15.1. The molecule has 2 aromatic rings. The number of carboxylic acids is 1. The van der Waals surface area contributed by atoms with Crippen LogP contribution < -0.4 is 0 Å². The first-order valence-electron chi connectivity index (χ1n) is 5.65. The van der Waals surface area contributed by atoms with Gasteiger partial charge in [-0.2, -0.15) is 13.2 Å². The van der Waals surface area contributed by atoms with Gasteiger partial charge in [0.05, 0.1) is 5.56 Å². The Balaban J connectivity index is 2.50. The van der Waals surface area contributed by atoms with Gasteiger partial charge in [-0.3, -0.25) is 0 Å². The molecule has 4 nitrogen and oxygen atoms in total. The molecule has 0 bridgehead atoms. The lowest BCUT2D eigenvalue weighted by atomic mass is 10.0. The van der Waals surface area contributed by atoms with Crippen molar-refractivity contribution in [2.24, 2.45) is 7.05 Å². The van der Waals surface area contributed by atoms with E-state index in [0.29, 0.717) is 11.1 Å². The van der Waals surface area contributed by atoms with Gasteiger partial charge in [0, 0.05) is 18.8 Å². The Morgan fingerprint density at radius 3 is 2.45 bits per heavy atom. The molecular formula is C13H11F3N2O2. The number of benzene rings is 1. The predicted molar refractivity (Wildman–Crippen MR) is 65.3 cm³/mol. The molecule has 0 unspecified atom stereocenters. The maximum Gasteiger partial charge on any atom is 0.434 e. The van der Waals surface area contributed by atoms with Crippen LogP contribution in [0.5, 0.6) is 0 Å². The Kier molecular flexibility index (Phi) is 3.29. The minimum absolute atomic E-state index is 0.110. The zero-order valence-corrected chi connectivity index (χ0v) is 10.7. The lowest BCUT2D eigenvalue weighted by Crippen LogP contribution is -2.05. The normalized spacial score (nSPS) is 11.7. The average Bonchev–Trinajstić information content (AvgIpc) is 2.70. The third-order valence-electron chi connectivity index (χ3n) is 2.88. The number of carbonyl (C=O) groups is 1. The molecule has 0 aliphatic rings. The summed E-state index contributed by atoms with van der Waals surface area (Å²) in [6.07, 6.45) is -3.61. The van der Waals surface area contributed by atoms with Gasteiger partial charge in [0.25, 0.3) is 0 Å². The molecule has 2 rings (SSSR count). The molecule has 106 valence electrons. The molecule has 0 spiro atoms. The number of carboxylic acid groups (broad SMARTS) is 1. The standard InChI is InChI=1S/C13H11F3N2O2/c1-7-5-8(3-4-9(7)12(19)20)11-17-10(6-18(11)2)13(14,15)16/h3-6H,1-2H3,(H,19,20). The van der Waals surface area contributed by atoms with Gasteiger partial charge in [-0.1, -0.05) is 6.07 Å². The van der Waals surface area contributed by atoms with E-state index in [9.17, 15) is 18.0 Å². The number of aryl methyl sites for hydroxylation is 2. The van der Waals surface area contributed by atoms with E-state index in [0.717, 1.165) is 6.20 Å². The number of imidazole rings is 1. The minimum atomic E-state index is -4.51. The SMILES string of the molecule is Cc1cc(-c2nc(C(F)(F)F)cn2C)ccc1C(=O)O. The molecule has 0 saturated carbocycles. The van der Waals surface area contributed by atoms with Gasteiger partial charge in [0.15, 0.2) is 5.69 Å². The van der Waals surface area contributed by atoms with Gasteiger partial charge < -0.3 is 9.67 Å². The second-order valence-corrected chi connectivity index (χ2v) is 4.39. The second-order valence-electron chi connectivity index (χ2n) is 4.39. The van der Waals surface area contributed by atoms with Gasteiger partial charge in [-0.05, 0) is 24.6 Å². The quantitative estimate of drug-likeness (QED) is 0.921. The highest BCUT2D eigenvalue weighted by Crippen LogP contribution is 2.31. The molecular weight excluding hydrogens is 273 g/mol. The molecule has 1 N–H and O–H groups in total. The first-order chi connectivity index (χ1) is 9.20. The third kappa shape index (κ3) is 2.52. The highest BCUT2D eigenvalue weighted by atomic mass is 19.4. The maximum absolute atomic E-state index is 12.6.